The Balaban J connectivity index is 1.87. The summed E-state index contributed by atoms with van der Waals surface area (Å²) >= 11 is 0. The van der Waals surface area contributed by atoms with Crippen LogP contribution in [0.4, 0.5) is 0 Å². The van der Waals surface area contributed by atoms with Crippen molar-refractivity contribution in [1.82, 2.24) is 9.88 Å². The van der Waals surface area contributed by atoms with Gasteiger partial charge in [-0.15, -0.1) is 0 Å². The molecule has 0 spiro atoms. The number of nitrogens with zero attached hydrogens (tertiary/aromatic N) is 2. The molecule has 8 nitrogen and oxygen atoms in total. The van der Waals surface area contributed by atoms with Gasteiger partial charge in [0.1, 0.15) is 11.5 Å². The fourth-order valence-corrected chi connectivity index (χ4v) is 4.44. The maximum absolute atomic E-state index is 13.4. The predicted octanol–water partition coefficient (Wildman–Crippen LogP) is 4.90. The van der Waals surface area contributed by atoms with Crippen LogP contribution >= 0.6 is 0 Å². The Morgan fingerprint density at radius 3 is 2.57 bits per heavy atom. The average molecular weight is 503 g/mol. The molecule has 1 aliphatic heterocycles. The number of hydrogen-bond donors (Lipinski definition) is 2. The van der Waals surface area contributed by atoms with Gasteiger partial charge in [-0.3, -0.25) is 14.6 Å². The number of ether oxygens (including phenoxy) is 2. The minimum Gasteiger partial charge on any atom is -0.507 e. The van der Waals surface area contributed by atoms with Crippen molar-refractivity contribution in [1.29, 1.82) is 0 Å². The van der Waals surface area contributed by atoms with E-state index in [1.54, 1.807) is 62.6 Å². The van der Waals surface area contributed by atoms with Crippen molar-refractivity contribution in [3.8, 4) is 17.2 Å². The molecule has 0 unspecified atom stereocenters. The van der Waals surface area contributed by atoms with Crippen molar-refractivity contribution >= 4 is 17.4 Å². The number of aliphatic hydroxyl groups excluding tert-OH is 1. The smallest absolute Gasteiger partial charge is 0.295 e. The molecule has 2 aromatic carbocycles. The lowest BCUT2D eigenvalue weighted by atomic mass is 9.93. The lowest BCUT2D eigenvalue weighted by molar-refractivity contribution is -0.140. The van der Waals surface area contributed by atoms with Crippen LogP contribution in [0, 0.1) is 6.92 Å². The van der Waals surface area contributed by atoms with Crippen molar-refractivity contribution in [2.45, 2.75) is 46.4 Å². The molecule has 2 heterocycles. The molecule has 1 saturated heterocycles. The van der Waals surface area contributed by atoms with E-state index in [1.165, 1.54) is 11.0 Å². The summed E-state index contributed by atoms with van der Waals surface area (Å²) in [4.78, 5) is 32.2. The third kappa shape index (κ3) is 5.28. The lowest BCUT2D eigenvalue weighted by Crippen LogP contribution is -2.29. The van der Waals surface area contributed by atoms with Gasteiger partial charge in [0.2, 0.25) is 0 Å². The van der Waals surface area contributed by atoms with Gasteiger partial charge in [0.15, 0.2) is 11.5 Å². The van der Waals surface area contributed by atoms with Crippen molar-refractivity contribution in [2.24, 2.45) is 0 Å². The van der Waals surface area contributed by atoms with Crippen molar-refractivity contribution in [3.05, 3.63) is 88.8 Å². The third-order valence-corrected chi connectivity index (χ3v) is 6.04. The first-order valence-electron chi connectivity index (χ1n) is 12.1. The maximum atomic E-state index is 13.4. The van der Waals surface area contributed by atoms with Crippen LogP contribution in [0.15, 0.2) is 66.5 Å². The van der Waals surface area contributed by atoms with E-state index in [-0.39, 0.29) is 35.5 Å². The second-order valence-electron chi connectivity index (χ2n) is 9.09. The molecular formula is C29H30N2O6. The Labute approximate surface area is 215 Å². The Morgan fingerprint density at radius 2 is 1.92 bits per heavy atom. The highest BCUT2D eigenvalue weighted by Crippen LogP contribution is 2.43. The average Bonchev–Trinajstić information content (AvgIpc) is 3.10. The van der Waals surface area contributed by atoms with Gasteiger partial charge in [0.25, 0.3) is 11.7 Å². The van der Waals surface area contributed by atoms with Gasteiger partial charge in [0, 0.05) is 24.5 Å². The highest BCUT2D eigenvalue weighted by atomic mass is 16.5. The van der Waals surface area contributed by atoms with Crippen LogP contribution in [0.3, 0.4) is 0 Å². The first-order valence-corrected chi connectivity index (χ1v) is 12.1. The number of phenols is 1. The number of aromatic hydroxyl groups is 1. The Morgan fingerprint density at radius 1 is 1.14 bits per heavy atom. The summed E-state index contributed by atoms with van der Waals surface area (Å²) in [6.07, 6.45) is 3.22. The van der Waals surface area contributed by atoms with E-state index < -0.39 is 17.7 Å². The second-order valence-corrected chi connectivity index (χ2v) is 9.09. The maximum Gasteiger partial charge on any atom is 0.295 e. The van der Waals surface area contributed by atoms with Crippen LogP contribution in [-0.4, -0.2) is 44.5 Å². The Hall–Kier alpha value is -4.33. The van der Waals surface area contributed by atoms with Crippen molar-refractivity contribution in [2.75, 3.05) is 6.61 Å². The molecule has 1 aromatic heterocycles. The monoisotopic (exact) mass is 502 g/mol. The van der Waals surface area contributed by atoms with Crippen LogP contribution in [0.25, 0.3) is 5.76 Å². The van der Waals surface area contributed by atoms with Crippen LogP contribution in [0.1, 0.15) is 49.1 Å². The van der Waals surface area contributed by atoms with E-state index in [4.69, 9.17) is 9.47 Å². The normalized spacial score (nSPS) is 16.9. The Kier molecular flexibility index (Phi) is 7.47. The summed E-state index contributed by atoms with van der Waals surface area (Å²) in [5, 5.41) is 21.7. The Bertz CT molecular complexity index is 1350. The third-order valence-electron chi connectivity index (χ3n) is 6.04. The number of amides is 1. The van der Waals surface area contributed by atoms with Gasteiger partial charge in [-0.05, 0) is 80.8 Å². The van der Waals surface area contributed by atoms with Crippen LogP contribution in [0.5, 0.6) is 17.2 Å². The summed E-state index contributed by atoms with van der Waals surface area (Å²) in [5.41, 5.74) is 2.31. The van der Waals surface area contributed by atoms with Crippen molar-refractivity contribution in [3.63, 3.8) is 0 Å². The van der Waals surface area contributed by atoms with Gasteiger partial charge >= 0.3 is 0 Å². The number of aromatic nitrogens is 1. The number of phenolic OH excluding ortho intramolecular Hbond substituents is 1. The summed E-state index contributed by atoms with van der Waals surface area (Å²) < 4.78 is 11.3. The molecule has 1 aliphatic rings. The molecule has 0 radical (unpaired) electrons. The SMILES string of the molecule is CCOc1cc([C@H]2C(=C(O)c3ccc(OC(C)C)cc3C)C(=O)C(=O)N2Cc2cccnc2)ccc1O. The molecule has 4 rings (SSSR count). The topological polar surface area (TPSA) is 109 Å². The molecule has 1 fully saturated rings. The number of aliphatic hydroxyl groups is 1. The van der Waals surface area contributed by atoms with Crippen LogP contribution in [-0.2, 0) is 16.1 Å². The number of pyridine rings is 1. The molecule has 3 aromatic rings. The zero-order chi connectivity index (χ0) is 26.7. The van der Waals surface area contributed by atoms with E-state index >= 15 is 0 Å². The highest BCUT2D eigenvalue weighted by Gasteiger charge is 2.46. The fourth-order valence-electron chi connectivity index (χ4n) is 4.44. The molecule has 0 bridgehead atoms. The lowest BCUT2D eigenvalue weighted by Gasteiger charge is -2.26. The van der Waals surface area contributed by atoms with E-state index in [0.717, 1.165) is 5.56 Å². The highest BCUT2D eigenvalue weighted by molar-refractivity contribution is 6.46. The van der Waals surface area contributed by atoms with Gasteiger partial charge in [-0.2, -0.15) is 0 Å². The number of carbonyl (C=O) groups excluding carboxylic acids is 2. The number of likely N-dealkylation sites (tertiary alicyclic amines) is 1. The largest absolute Gasteiger partial charge is 0.507 e. The van der Waals surface area contributed by atoms with E-state index in [1.807, 2.05) is 19.9 Å². The number of ketones is 1. The first kappa shape index (κ1) is 25.8. The van der Waals surface area contributed by atoms with Gasteiger partial charge in [0.05, 0.1) is 24.3 Å². The van der Waals surface area contributed by atoms with E-state index in [2.05, 4.69) is 4.98 Å². The summed E-state index contributed by atoms with van der Waals surface area (Å²) in [6, 6.07) is 12.5. The molecule has 1 atom stereocenters. The number of aryl methyl sites for hydroxylation is 1. The molecule has 0 saturated carbocycles. The first-order chi connectivity index (χ1) is 17.7. The van der Waals surface area contributed by atoms with Crippen molar-refractivity contribution < 1.29 is 29.3 Å². The van der Waals surface area contributed by atoms with Gasteiger partial charge in [-0.25, -0.2) is 0 Å². The number of rotatable bonds is 8. The fraction of sp³-hybridized carbons (Fsp3) is 0.276. The second kappa shape index (κ2) is 10.7. The molecular weight excluding hydrogens is 472 g/mol. The van der Waals surface area contributed by atoms with Crippen LogP contribution in [0.2, 0.25) is 0 Å². The zero-order valence-electron chi connectivity index (χ0n) is 21.3. The number of benzene rings is 2. The zero-order valence-corrected chi connectivity index (χ0v) is 21.3. The molecule has 8 heteroatoms. The van der Waals surface area contributed by atoms with Gasteiger partial charge in [-0.1, -0.05) is 12.1 Å². The van der Waals surface area contributed by atoms with E-state index in [9.17, 15) is 19.8 Å². The van der Waals surface area contributed by atoms with Gasteiger partial charge < -0.3 is 24.6 Å². The minimum atomic E-state index is -0.911. The summed E-state index contributed by atoms with van der Waals surface area (Å²) in [5.74, 6) is -1.02. The molecule has 192 valence electrons. The molecule has 2 N–H and O–H groups in total. The van der Waals surface area contributed by atoms with E-state index in [0.29, 0.717) is 29.0 Å². The summed E-state index contributed by atoms with van der Waals surface area (Å²) in [6.45, 7) is 7.84. The van der Waals surface area contributed by atoms with Crippen LogP contribution < -0.4 is 9.47 Å². The molecule has 1 amide bonds. The standard InChI is InChI=1S/C29H30N2O6/c1-5-36-24-14-20(8-11-23(24)32)26-25(27(33)22-10-9-21(13-18(22)4)37-17(2)3)28(34)29(35)31(26)16-19-7-6-12-30-15-19/h6-15,17,26,32-33H,5,16H2,1-4H3/t26-/m0/s1. The quantitative estimate of drug-likeness (QED) is 0.256. The number of Topliss-reactive ketones (excluding diaryl/α,β-unsaturated/α-hetero) is 1. The summed E-state index contributed by atoms with van der Waals surface area (Å²) in [7, 11) is 0. The number of carbonyl (C=O) groups is 2. The molecule has 0 aliphatic carbocycles. The number of hydrogen-bond acceptors (Lipinski definition) is 7. The minimum absolute atomic E-state index is 0.0225. The molecule has 37 heavy (non-hydrogen) atoms. The predicted molar refractivity (Wildman–Crippen MR) is 138 cm³/mol.